The first-order valence-electron chi connectivity index (χ1n) is 6.47. The normalized spacial score (nSPS) is 16.5. The summed E-state index contributed by atoms with van der Waals surface area (Å²) in [4.78, 5) is 6.30. The molecule has 98 valence electrons. The molecular formula is C14H15N3O2. The maximum absolute atomic E-state index is 9.18. The minimum Gasteiger partial charge on any atom is -0.459 e. The number of piperidine rings is 1. The van der Waals surface area contributed by atoms with E-state index < -0.39 is 0 Å². The van der Waals surface area contributed by atoms with Gasteiger partial charge in [0, 0.05) is 13.1 Å². The van der Waals surface area contributed by atoms with Gasteiger partial charge in [-0.1, -0.05) is 6.92 Å². The zero-order chi connectivity index (χ0) is 13.2. The van der Waals surface area contributed by atoms with E-state index in [1.54, 1.807) is 18.4 Å². The molecule has 5 heteroatoms. The molecule has 0 aliphatic carbocycles. The molecule has 0 aromatic carbocycles. The van der Waals surface area contributed by atoms with E-state index >= 15 is 0 Å². The average Bonchev–Trinajstić information content (AvgIpc) is 3.08. The first-order chi connectivity index (χ1) is 9.28. The Hall–Kier alpha value is -2.22. The lowest BCUT2D eigenvalue weighted by Crippen LogP contribution is -2.32. The van der Waals surface area contributed by atoms with Crippen LogP contribution in [-0.4, -0.2) is 18.1 Å². The highest BCUT2D eigenvalue weighted by Crippen LogP contribution is 2.30. The quantitative estimate of drug-likeness (QED) is 0.827. The van der Waals surface area contributed by atoms with Crippen LogP contribution in [0.5, 0.6) is 0 Å². The monoisotopic (exact) mass is 257 g/mol. The highest BCUT2D eigenvalue weighted by Gasteiger charge is 2.24. The largest absolute Gasteiger partial charge is 0.459 e. The molecule has 1 saturated heterocycles. The fourth-order valence-electron chi connectivity index (χ4n) is 2.32. The van der Waals surface area contributed by atoms with Crippen LogP contribution < -0.4 is 4.90 Å². The first-order valence-corrected chi connectivity index (χ1v) is 6.47. The van der Waals surface area contributed by atoms with Crippen molar-refractivity contribution in [1.82, 2.24) is 4.98 Å². The standard InChI is InChI=1S/C14H15N3O2/c1-10-4-6-17(7-5-10)14-11(9-15)16-13(19-14)12-3-2-8-18-12/h2-3,8,10H,4-7H2,1H3. The number of nitrogens with zero attached hydrogens (tertiary/aromatic N) is 3. The molecule has 1 aliphatic rings. The fraction of sp³-hybridized carbons (Fsp3) is 0.429. The summed E-state index contributed by atoms with van der Waals surface area (Å²) >= 11 is 0. The second-order valence-corrected chi connectivity index (χ2v) is 4.93. The van der Waals surface area contributed by atoms with Gasteiger partial charge in [-0.3, -0.25) is 0 Å². The number of hydrogen-bond acceptors (Lipinski definition) is 5. The van der Waals surface area contributed by atoms with Crippen molar-refractivity contribution < 1.29 is 8.83 Å². The van der Waals surface area contributed by atoms with Gasteiger partial charge < -0.3 is 13.7 Å². The third-order valence-electron chi connectivity index (χ3n) is 3.52. The minimum absolute atomic E-state index is 0.334. The highest BCUT2D eigenvalue weighted by molar-refractivity contribution is 5.55. The maximum Gasteiger partial charge on any atom is 0.266 e. The van der Waals surface area contributed by atoms with Crippen LogP contribution in [0, 0.1) is 17.2 Å². The van der Waals surface area contributed by atoms with Gasteiger partial charge in [-0.2, -0.15) is 10.2 Å². The van der Waals surface area contributed by atoms with Crippen molar-refractivity contribution in [3.63, 3.8) is 0 Å². The smallest absolute Gasteiger partial charge is 0.266 e. The Morgan fingerprint density at radius 2 is 2.21 bits per heavy atom. The maximum atomic E-state index is 9.18. The van der Waals surface area contributed by atoms with E-state index in [0.717, 1.165) is 31.8 Å². The van der Waals surface area contributed by atoms with Crippen molar-refractivity contribution in [2.75, 3.05) is 18.0 Å². The lowest BCUT2D eigenvalue weighted by molar-refractivity contribution is 0.416. The van der Waals surface area contributed by atoms with Gasteiger partial charge in [0.05, 0.1) is 6.26 Å². The topological polar surface area (TPSA) is 66.2 Å². The number of hydrogen-bond donors (Lipinski definition) is 0. The van der Waals surface area contributed by atoms with Crippen molar-refractivity contribution in [1.29, 1.82) is 5.26 Å². The zero-order valence-electron chi connectivity index (χ0n) is 10.8. The molecule has 2 aromatic heterocycles. The molecule has 0 radical (unpaired) electrons. The Morgan fingerprint density at radius 3 is 2.84 bits per heavy atom. The summed E-state index contributed by atoms with van der Waals surface area (Å²) in [5.41, 5.74) is 0.334. The zero-order valence-corrected chi connectivity index (χ0v) is 10.8. The fourth-order valence-corrected chi connectivity index (χ4v) is 2.32. The third kappa shape index (κ3) is 2.22. The van der Waals surface area contributed by atoms with Crippen LogP contribution in [0.25, 0.3) is 11.7 Å². The molecule has 0 atom stereocenters. The summed E-state index contributed by atoms with van der Waals surface area (Å²) in [5, 5.41) is 9.18. The van der Waals surface area contributed by atoms with E-state index in [4.69, 9.17) is 8.83 Å². The Labute approximate surface area is 111 Å². The van der Waals surface area contributed by atoms with Gasteiger partial charge in [-0.25, -0.2) is 0 Å². The number of rotatable bonds is 2. The molecule has 3 heterocycles. The van der Waals surface area contributed by atoms with Gasteiger partial charge in [0.2, 0.25) is 11.6 Å². The lowest BCUT2D eigenvalue weighted by atomic mass is 9.99. The van der Waals surface area contributed by atoms with Crippen molar-refractivity contribution in [3.8, 4) is 17.7 Å². The van der Waals surface area contributed by atoms with Crippen LogP contribution in [0.3, 0.4) is 0 Å². The average molecular weight is 257 g/mol. The summed E-state index contributed by atoms with van der Waals surface area (Å²) < 4.78 is 11.0. The van der Waals surface area contributed by atoms with E-state index in [0.29, 0.717) is 23.2 Å². The van der Waals surface area contributed by atoms with Gasteiger partial charge in [-0.05, 0) is 30.9 Å². The van der Waals surface area contributed by atoms with Crippen molar-refractivity contribution >= 4 is 5.88 Å². The molecule has 0 saturated carbocycles. The van der Waals surface area contributed by atoms with Crippen LogP contribution in [0.15, 0.2) is 27.2 Å². The number of nitriles is 1. The number of furan rings is 1. The summed E-state index contributed by atoms with van der Waals surface area (Å²) in [6.45, 7) is 4.06. The molecule has 5 nitrogen and oxygen atoms in total. The predicted octanol–water partition coefficient (Wildman–Crippen LogP) is 3.04. The Morgan fingerprint density at radius 1 is 1.42 bits per heavy atom. The molecule has 1 aliphatic heterocycles. The SMILES string of the molecule is CC1CCN(c2oc(-c3ccco3)nc2C#N)CC1. The molecule has 0 amide bonds. The van der Waals surface area contributed by atoms with E-state index in [1.807, 2.05) is 0 Å². The summed E-state index contributed by atoms with van der Waals surface area (Å²) in [5.74, 6) is 2.22. The number of oxazole rings is 1. The second kappa shape index (κ2) is 4.81. The first kappa shape index (κ1) is 11.8. The third-order valence-corrected chi connectivity index (χ3v) is 3.52. The summed E-state index contributed by atoms with van der Waals surface area (Å²) in [6, 6.07) is 5.64. The Kier molecular flexibility index (Phi) is 3.00. The molecule has 2 aromatic rings. The minimum atomic E-state index is 0.334. The Bertz CT molecular complexity index is 587. The van der Waals surface area contributed by atoms with Gasteiger partial charge >= 0.3 is 0 Å². The molecular weight excluding hydrogens is 242 g/mol. The van der Waals surface area contributed by atoms with Crippen molar-refractivity contribution in [2.45, 2.75) is 19.8 Å². The Balaban J connectivity index is 1.91. The van der Waals surface area contributed by atoms with Crippen LogP contribution in [0.1, 0.15) is 25.5 Å². The molecule has 19 heavy (non-hydrogen) atoms. The van der Waals surface area contributed by atoms with E-state index in [-0.39, 0.29) is 0 Å². The molecule has 1 fully saturated rings. The predicted molar refractivity (Wildman–Crippen MR) is 69.5 cm³/mol. The van der Waals surface area contributed by atoms with Crippen molar-refractivity contribution in [2.24, 2.45) is 5.92 Å². The van der Waals surface area contributed by atoms with E-state index in [1.165, 1.54) is 0 Å². The van der Waals surface area contributed by atoms with E-state index in [9.17, 15) is 5.26 Å². The van der Waals surface area contributed by atoms with Crippen molar-refractivity contribution in [3.05, 3.63) is 24.1 Å². The van der Waals surface area contributed by atoms with Crippen LogP contribution in [-0.2, 0) is 0 Å². The molecule has 0 unspecified atom stereocenters. The molecule has 0 bridgehead atoms. The van der Waals surface area contributed by atoms with Gasteiger partial charge in [0.25, 0.3) is 5.89 Å². The lowest BCUT2D eigenvalue weighted by Gasteiger charge is -2.29. The molecule has 0 N–H and O–H groups in total. The summed E-state index contributed by atoms with van der Waals surface area (Å²) in [6.07, 6.45) is 3.79. The molecule has 0 spiro atoms. The number of anilines is 1. The highest BCUT2D eigenvalue weighted by atomic mass is 16.4. The van der Waals surface area contributed by atoms with E-state index in [2.05, 4.69) is 22.9 Å². The van der Waals surface area contributed by atoms with Gasteiger partial charge in [0.1, 0.15) is 6.07 Å². The van der Waals surface area contributed by atoms with Gasteiger partial charge in [0.15, 0.2) is 5.76 Å². The van der Waals surface area contributed by atoms with Crippen LogP contribution in [0.2, 0.25) is 0 Å². The number of aromatic nitrogens is 1. The molecule has 3 rings (SSSR count). The van der Waals surface area contributed by atoms with Crippen LogP contribution in [0.4, 0.5) is 5.88 Å². The second-order valence-electron chi connectivity index (χ2n) is 4.93. The van der Waals surface area contributed by atoms with Crippen LogP contribution >= 0.6 is 0 Å². The van der Waals surface area contributed by atoms with Gasteiger partial charge in [-0.15, -0.1) is 0 Å². The summed E-state index contributed by atoms with van der Waals surface area (Å²) in [7, 11) is 0.